The van der Waals surface area contributed by atoms with E-state index < -0.39 is 29.4 Å². The van der Waals surface area contributed by atoms with Crippen molar-refractivity contribution in [1.82, 2.24) is 0 Å². The van der Waals surface area contributed by atoms with Crippen molar-refractivity contribution in [3.8, 4) is 0 Å². The van der Waals surface area contributed by atoms with Crippen molar-refractivity contribution >= 4 is 5.78 Å². The maximum Gasteiger partial charge on any atom is 0.227 e. The highest BCUT2D eigenvalue weighted by Gasteiger charge is 2.61. The lowest BCUT2D eigenvalue weighted by Gasteiger charge is -2.48. The number of ketones is 1. The Kier molecular flexibility index (Phi) is 6.49. The molecule has 4 aromatic rings. The molecule has 0 heterocycles. The standard InChI is InChI=1S/C31H27NO4/c33-30(24-17-9-3-10-18-24)28-27(23-15-7-2-8-16-23)29(32(35)36)26(22-13-5-1-6-14-22)21-31(28,34)25-19-11-4-12-20-25/h1-20,26-29,34H,21H2. The molecule has 5 atom stereocenters. The lowest BCUT2D eigenvalue weighted by atomic mass is 9.56. The fourth-order valence-corrected chi connectivity index (χ4v) is 5.87. The number of nitro groups is 1. The summed E-state index contributed by atoms with van der Waals surface area (Å²) in [5.41, 5.74) is 0.839. The summed E-state index contributed by atoms with van der Waals surface area (Å²) in [7, 11) is 0. The van der Waals surface area contributed by atoms with Gasteiger partial charge in [-0.05, 0) is 23.1 Å². The minimum atomic E-state index is -1.62. The monoisotopic (exact) mass is 477 g/mol. The van der Waals surface area contributed by atoms with Crippen LogP contribution in [0.1, 0.15) is 45.3 Å². The van der Waals surface area contributed by atoms with Crippen LogP contribution in [0.5, 0.6) is 0 Å². The SMILES string of the molecule is O=C(c1ccccc1)C1C(c2ccccc2)C([N+](=O)[O-])C(c2ccccc2)CC1(O)c1ccccc1. The number of carbonyl (C=O) groups excluding carboxylic acids is 1. The maximum atomic E-state index is 14.2. The Balaban J connectivity index is 1.79. The summed E-state index contributed by atoms with van der Waals surface area (Å²) < 4.78 is 0. The molecule has 0 radical (unpaired) electrons. The van der Waals surface area contributed by atoms with E-state index in [2.05, 4.69) is 0 Å². The van der Waals surface area contributed by atoms with Crippen molar-refractivity contribution in [1.29, 1.82) is 0 Å². The number of carbonyl (C=O) groups is 1. The zero-order valence-corrected chi connectivity index (χ0v) is 19.7. The number of rotatable bonds is 6. The maximum absolute atomic E-state index is 14.2. The van der Waals surface area contributed by atoms with Gasteiger partial charge in [-0.15, -0.1) is 0 Å². The zero-order valence-electron chi connectivity index (χ0n) is 19.7. The van der Waals surface area contributed by atoms with Crippen molar-refractivity contribution < 1.29 is 14.8 Å². The van der Waals surface area contributed by atoms with Crippen molar-refractivity contribution in [2.45, 2.75) is 29.9 Å². The second kappa shape index (κ2) is 9.88. The Bertz CT molecular complexity index is 1330. The van der Waals surface area contributed by atoms with E-state index in [-0.39, 0.29) is 17.1 Å². The Morgan fingerprint density at radius 2 is 1.22 bits per heavy atom. The highest BCUT2D eigenvalue weighted by Crippen LogP contribution is 2.55. The number of aliphatic hydroxyl groups is 1. The van der Waals surface area contributed by atoms with Gasteiger partial charge in [0, 0.05) is 10.5 Å². The molecule has 4 aromatic carbocycles. The predicted octanol–water partition coefficient (Wildman–Crippen LogP) is 5.99. The number of nitrogens with zero attached hydrogens (tertiary/aromatic N) is 1. The van der Waals surface area contributed by atoms with Crippen molar-refractivity contribution in [3.05, 3.63) is 154 Å². The molecule has 1 aliphatic carbocycles. The Hall–Kier alpha value is -4.09. The second-order valence-corrected chi connectivity index (χ2v) is 9.43. The highest BCUT2D eigenvalue weighted by atomic mass is 16.6. The normalized spacial score (nSPS) is 25.7. The quantitative estimate of drug-likeness (QED) is 0.210. The summed E-state index contributed by atoms with van der Waals surface area (Å²) in [5, 5.41) is 25.3. The van der Waals surface area contributed by atoms with E-state index in [1.807, 2.05) is 97.1 Å². The molecule has 0 aromatic heterocycles. The van der Waals surface area contributed by atoms with Gasteiger partial charge in [-0.25, -0.2) is 0 Å². The van der Waals surface area contributed by atoms with Gasteiger partial charge in [0.05, 0.1) is 17.8 Å². The fourth-order valence-electron chi connectivity index (χ4n) is 5.87. The van der Waals surface area contributed by atoms with Crippen LogP contribution in [0.3, 0.4) is 0 Å². The predicted molar refractivity (Wildman–Crippen MR) is 138 cm³/mol. The van der Waals surface area contributed by atoms with Gasteiger partial charge in [-0.3, -0.25) is 14.9 Å². The summed E-state index contributed by atoms with van der Waals surface area (Å²) >= 11 is 0. The van der Waals surface area contributed by atoms with Crippen LogP contribution in [0, 0.1) is 16.0 Å². The summed E-state index contributed by atoms with van der Waals surface area (Å²) in [5.74, 6) is -2.80. The molecule has 36 heavy (non-hydrogen) atoms. The topological polar surface area (TPSA) is 80.4 Å². The largest absolute Gasteiger partial charge is 0.384 e. The van der Waals surface area contributed by atoms with Gasteiger partial charge < -0.3 is 5.11 Å². The summed E-state index contributed by atoms with van der Waals surface area (Å²) in [6.45, 7) is 0. The Labute approximate surface area is 210 Å². The van der Waals surface area contributed by atoms with Crippen LogP contribution < -0.4 is 0 Å². The van der Waals surface area contributed by atoms with Crippen molar-refractivity contribution in [2.75, 3.05) is 0 Å². The first-order chi connectivity index (χ1) is 17.5. The number of benzene rings is 4. The van der Waals surface area contributed by atoms with E-state index in [0.29, 0.717) is 16.7 Å². The molecule has 5 heteroatoms. The minimum absolute atomic E-state index is 0.0548. The van der Waals surface area contributed by atoms with Crippen LogP contribution in [0.15, 0.2) is 121 Å². The smallest absolute Gasteiger partial charge is 0.227 e. The molecule has 0 amide bonds. The van der Waals surface area contributed by atoms with E-state index in [0.717, 1.165) is 5.56 Å². The van der Waals surface area contributed by atoms with E-state index in [1.165, 1.54) is 0 Å². The van der Waals surface area contributed by atoms with E-state index in [9.17, 15) is 20.0 Å². The average molecular weight is 478 g/mol. The summed E-state index contributed by atoms with van der Waals surface area (Å²) in [4.78, 5) is 26.7. The van der Waals surface area contributed by atoms with E-state index in [1.54, 1.807) is 24.3 Å². The second-order valence-electron chi connectivity index (χ2n) is 9.43. The van der Waals surface area contributed by atoms with Crippen LogP contribution >= 0.6 is 0 Å². The fraction of sp³-hybridized carbons (Fsp3) is 0.194. The highest BCUT2D eigenvalue weighted by molar-refractivity contribution is 5.99. The first kappa shape index (κ1) is 23.6. The number of Topliss-reactive ketones (excluding diaryl/α,β-unsaturated/α-hetero) is 1. The molecule has 5 nitrogen and oxygen atoms in total. The van der Waals surface area contributed by atoms with Crippen molar-refractivity contribution in [2.24, 2.45) is 5.92 Å². The van der Waals surface area contributed by atoms with Gasteiger partial charge >= 0.3 is 0 Å². The molecule has 1 aliphatic rings. The minimum Gasteiger partial charge on any atom is -0.384 e. The zero-order chi connectivity index (χ0) is 25.1. The average Bonchev–Trinajstić information content (AvgIpc) is 2.94. The molecule has 0 bridgehead atoms. The molecule has 0 aliphatic heterocycles. The van der Waals surface area contributed by atoms with Gasteiger partial charge in [0.25, 0.3) is 0 Å². The molecular formula is C31H27NO4. The molecule has 5 rings (SSSR count). The third-order valence-electron chi connectivity index (χ3n) is 7.46. The third kappa shape index (κ3) is 4.23. The Morgan fingerprint density at radius 1 is 0.750 bits per heavy atom. The summed E-state index contributed by atoms with van der Waals surface area (Å²) in [6.07, 6.45) is 0.0548. The van der Waals surface area contributed by atoms with E-state index >= 15 is 0 Å². The van der Waals surface area contributed by atoms with E-state index in [4.69, 9.17) is 0 Å². The van der Waals surface area contributed by atoms with Crippen LogP contribution in [-0.2, 0) is 5.60 Å². The molecule has 5 unspecified atom stereocenters. The molecular weight excluding hydrogens is 450 g/mol. The Morgan fingerprint density at radius 3 is 1.75 bits per heavy atom. The lowest BCUT2D eigenvalue weighted by molar-refractivity contribution is -0.538. The van der Waals surface area contributed by atoms with Gasteiger partial charge in [0.1, 0.15) is 5.60 Å². The lowest BCUT2D eigenvalue weighted by Crippen LogP contribution is -2.55. The van der Waals surface area contributed by atoms with Crippen LogP contribution in [0.4, 0.5) is 0 Å². The molecule has 0 saturated heterocycles. The van der Waals surface area contributed by atoms with Gasteiger partial charge in [0.2, 0.25) is 6.04 Å². The molecule has 0 spiro atoms. The number of hydrogen-bond acceptors (Lipinski definition) is 4. The van der Waals surface area contributed by atoms with Crippen LogP contribution in [0.2, 0.25) is 0 Å². The number of hydrogen-bond donors (Lipinski definition) is 1. The van der Waals surface area contributed by atoms with Crippen LogP contribution in [-0.4, -0.2) is 21.9 Å². The molecule has 180 valence electrons. The molecule has 1 N–H and O–H groups in total. The van der Waals surface area contributed by atoms with Crippen LogP contribution in [0.25, 0.3) is 0 Å². The summed E-state index contributed by atoms with van der Waals surface area (Å²) in [6, 6.07) is 35.3. The third-order valence-corrected chi connectivity index (χ3v) is 7.46. The van der Waals surface area contributed by atoms with Gasteiger partial charge in [0.15, 0.2) is 5.78 Å². The van der Waals surface area contributed by atoms with Gasteiger partial charge in [-0.1, -0.05) is 121 Å². The first-order valence-corrected chi connectivity index (χ1v) is 12.1. The first-order valence-electron chi connectivity index (χ1n) is 12.1. The molecule has 1 fully saturated rings. The molecule has 1 saturated carbocycles. The van der Waals surface area contributed by atoms with Crippen molar-refractivity contribution in [3.63, 3.8) is 0 Å². The van der Waals surface area contributed by atoms with Gasteiger partial charge in [-0.2, -0.15) is 0 Å².